The van der Waals surface area contributed by atoms with Gasteiger partial charge in [-0.1, -0.05) is 24.8 Å². The average Bonchev–Trinajstić information content (AvgIpc) is 3.21. The molecule has 0 saturated heterocycles. The minimum atomic E-state index is -1.55. The van der Waals surface area contributed by atoms with Crippen molar-refractivity contribution in [2.45, 2.75) is 32.4 Å². The van der Waals surface area contributed by atoms with Crippen molar-refractivity contribution < 1.29 is 18.6 Å². The highest BCUT2D eigenvalue weighted by Gasteiger charge is 2.36. The summed E-state index contributed by atoms with van der Waals surface area (Å²) < 4.78 is 19.3. The molecule has 33 heavy (non-hydrogen) atoms. The van der Waals surface area contributed by atoms with Crippen molar-refractivity contribution in [2.24, 2.45) is 5.92 Å². The highest BCUT2D eigenvalue weighted by molar-refractivity contribution is 7.45. The first-order valence-corrected chi connectivity index (χ1v) is 11.9. The third-order valence-corrected chi connectivity index (χ3v) is 6.56. The van der Waals surface area contributed by atoms with Gasteiger partial charge in [0.15, 0.2) is 0 Å². The van der Waals surface area contributed by atoms with Crippen LogP contribution in [0, 0.1) is 5.92 Å². The molecule has 9 nitrogen and oxygen atoms in total. The summed E-state index contributed by atoms with van der Waals surface area (Å²) in [7, 11) is -1.55. The molecule has 3 aromatic rings. The molecule has 1 saturated carbocycles. The second-order valence-electron chi connectivity index (χ2n) is 8.07. The number of aromatic nitrogens is 3. The highest BCUT2D eigenvalue weighted by Crippen LogP contribution is 2.46. The van der Waals surface area contributed by atoms with E-state index in [1.807, 2.05) is 56.4 Å². The van der Waals surface area contributed by atoms with E-state index in [-0.39, 0.29) is 30.6 Å². The minimum Gasteiger partial charge on any atom is -0.462 e. The van der Waals surface area contributed by atoms with E-state index in [4.69, 9.17) is 19.5 Å². The van der Waals surface area contributed by atoms with E-state index in [9.17, 15) is 4.79 Å². The van der Waals surface area contributed by atoms with E-state index < -0.39 is 8.53 Å². The molecule has 0 bridgehead atoms. The number of nitrogens with two attached hydrogens (primary N) is 1. The standard InChI is InChI=1S/C23H28N5O4P/c1-15(2)31-21(29)12-27-33(32-18-7-5-4-6-8-18)30-13-17-11-20(16(17)3)28-10-9-19-22(24)25-14-26-23(19)28/h4-10,14-15,17,20,27H,3,11-13H2,1-2H3,(H2,24,25,26)/t17-,20-,33?/m0/s1. The van der Waals surface area contributed by atoms with E-state index in [0.29, 0.717) is 18.2 Å². The van der Waals surface area contributed by atoms with Crippen molar-refractivity contribution in [3.05, 3.63) is 61.1 Å². The van der Waals surface area contributed by atoms with Gasteiger partial charge in [0.2, 0.25) is 0 Å². The Bertz CT molecular complexity index is 1120. The van der Waals surface area contributed by atoms with Gasteiger partial charge in [-0.15, -0.1) is 0 Å². The van der Waals surface area contributed by atoms with Gasteiger partial charge < -0.3 is 24.1 Å². The highest BCUT2D eigenvalue weighted by atomic mass is 31.2. The van der Waals surface area contributed by atoms with Crippen molar-refractivity contribution in [2.75, 3.05) is 18.9 Å². The molecule has 1 unspecified atom stereocenters. The van der Waals surface area contributed by atoms with Crippen LogP contribution in [-0.2, 0) is 14.1 Å². The van der Waals surface area contributed by atoms with Gasteiger partial charge in [-0.05, 0) is 44.0 Å². The van der Waals surface area contributed by atoms with Crippen molar-refractivity contribution in [3.63, 3.8) is 0 Å². The van der Waals surface area contributed by atoms with Crippen LogP contribution >= 0.6 is 8.53 Å². The van der Waals surface area contributed by atoms with Gasteiger partial charge in [0.1, 0.15) is 30.1 Å². The van der Waals surface area contributed by atoms with E-state index in [0.717, 1.165) is 23.0 Å². The van der Waals surface area contributed by atoms with Gasteiger partial charge >= 0.3 is 14.5 Å². The molecule has 10 heteroatoms. The lowest BCUT2D eigenvalue weighted by molar-refractivity contribution is -0.145. The Labute approximate surface area is 193 Å². The van der Waals surface area contributed by atoms with Crippen LogP contribution in [0.25, 0.3) is 11.0 Å². The maximum atomic E-state index is 12.0. The molecule has 2 aromatic heterocycles. The molecule has 0 aliphatic heterocycles. The van der Waals surface area contributed by atoms with E-state index in [2.05, 4.69) is 26.2 Å². The number of esters is 1. The number of nitrogen functional groups attached to an aromatic ring is 1. The van der Waals surface area contributed by atoms with E-state index >= 15 is 0 Å². The van der Waals surface area contributed by atoms with Crippen LogP contribution in [0.5, 0.6) is 5.75 Å². The van der Waals surface area contributed by atoms with Crippen LogP contribution in [0.2, 0.25) is 0 Å². The zero-order valence-corrected chi connectivity index (χ0v) is 19.6. The average molecular weight is 469 g/mol. The van der Waals surface area contributed by atoms with E-state index in [1.54, 1.807) is 0 Å². The van der Waals surface area contributed by atoms with Crippen LogP contribution in [0.1, 0.15) is 26.3 Å². The van der Waals surface area contributed by atoms with Gasteiger partial charge in [0.25, 0.3) is 0 Å². The molecule has 3 atom stereocenters. The minimum absolute atomic E-state index is 0.00143. The fourth-order valence-electron chi connectivity index (χ4n) is 3.67. The molecule has 0 spiro atoms. The Morgan fingerprint density at radius 1 is 1.30 bits per heavy atom. The van der Waals surface area contributed by atoms with Gasteiger partial charge in [-0.3, -0.25) is 4.79 Å². The van der Waals surface area contributed by atoms with Gasteiger partial charge in [0.05, 0.1) is 24.1 Å². The predicted molar refractivity (Wildman–Crippen MR) is 127 cm³/mol. The molecule has 1 fully saturated rings. The molecular weight excluding hydrogens is 441 g/mol. The van der Waals surface area contributed by atoms with Crippen LogP contribution in [0.15, 0.2) is 61.1 Å². The number of rotatable bonds is 10. The molecule has 0 amide bonds. The third kappa shape index (κ3) is 5.50. The summed E-state index contributed by atoms with van der Waals surface area (Å²) in [5.41, 5.74) is 7.81. The number of para-hydroxylation sites is 1. The SMILES string of the molecule is C=C1[C@H](COP(NCC(=O)OC(C)C)Oc2ccccc2)C[C@@H]1n1ccc2c(N)ncnc21. The first-order chi connectivity index (χ1) is 15.9. The van der Waals surface area contributed by atoms with Gasteiger partial charge in [0, 0.05) is 12.1 Å². The quantitative estimate of drug-likeness (QED) is 0.260. The summed E-state index contributed by atoms with van der Waals surface area (Å²) in [5.74, 6) is 0.941. The summed E-state index contributed by atoms with van der Waals surface area (Å²) in [5, 5.41) is 3.88. The Morgan fingerprint density at radius 2 is 2.09 bits per heavy atom. The maximum Gasteiger partial charge on any atom is 0.320 e. The summed E-state index contributed by atoms with van der Waals surface area (Å²) >= 11 is 0. The predicted octanol–water partition coefficient (Wildman–Crippen LogP) is 3.99. The Kier molecular flexibility index (Phi) is 7.23. The first-order valence-electron chi connectivity index (χ1n) is 10.8. The molecule has 174 valence electrons. The van der Waals surface area contributed by atoms with Crippen molar-refractivity contribution in [3.8, 4) is 5.75 Å². The number of benzene rings is 1. The van der Waals surface area contributed by atoms with Crippen LogP contribution in [-0.4, -0.2) is 39.8 Å². The number of anilines is 1. The topological polar surface area (TPSA) is 114 Å². The number of ether oxygens (including phenoxy) is 1. The lowest BCUT2D eigenvalue weighted by Gasteiger charge is -2.39. The third-order valence-electron chi connectivity index (χ3n) is 5.38. The molecule has 1 aromatic carbocycles. The largest absolute Gasteiger partial charge is 0.462 e. The fraction of sp³-hybridized carbons (Fsp3) is 0.348. The summed E-state index contributed by atoms with van der Waals surface area (Å²) in [6, 6.07) is 11.4. The fourth-order valence-corrected chi connectivity index (χ4v) is 4.76. The second kappa shape index (κ2) is 10.3. The van der Waals surface area contributed by atoms with Crippen molar-refractivity contribution in [1.82, 2.24) is 19.6 Å². The van der Waals surface area contributed by atoms with Gasteiger partial charge in [-0.25, -0.2) is 15.1 Å². The number of carbonyl (C=O) groups is 1. The molecule has 3 N–H and O–H groups in total. The van der Waals surface area contributed by atoms with Crippen molar-refractivity contribution in [1.29, 1.82) is 0 Å². The number of nitrogens with zero attached hydrogens (tertiary/aromatic N) is 3. The maximum absolute atomic E-state index is 12.0. The molecule has 2 heterocycles. The summed E-state index contributed by atoms with van der Waals surface area (Å²) in [6.07, 6.45) is 4.12. The van der Waals surface area contributed by atoms with Crippen LogP contribution in [0.4, 0.5) is 5.82 Å². The first kappa shape index (κ1) is 23.2. The zero-order valence-electron chi connectivity index (χ0n) is 18.7. The number of nitrogens with one attached hydrogen (secondary N) is 1. The number of carbonyl (C=O) groups excluding carboxylic acids is 1. The molecule has 0 radical (unpaired) electrons. The Hall–Kier alpha value is -3.00. The van der Waals surface area contributed by atoms with Crippen molar-refractivity contribution >= 4 is 31.3 Å². The molecule has 1 aliphatic rings. The zero-order chi connectivity index (χ0) is 23.4. The number of hydrogen-bond donors (Lipinski definition) is 2. The second-order valence-corrected chi connectivity index (χ2v) is 9.34. The Balaban J connectivity index is 1.35. The van der Waals surface area contributed by atoms with E-state index in [1.165, 1.54) is 6.33 Å². The molecule has 1 aliphatic carbocycles. The normalized spacial score (nSPS) is 18.8. The van der Waals surface area contributed by atoms with Gasteiger partial charge in [-0.2, -0.15) is 0 Å². The monoisotopic (exact) mass is 469 g/mol. The Morgan fingerprint density at radius 3 is 2.82 bits per heavy atom. The smallest absolute Gasteiger partial charge is 0.320 e. The number of fused-ring (bicyclic) bond motifs is 1. The molecule has 4 rings (SSSR count). The summed E-state index contributed by atoms with van der Waals surface area (Å²) in [4.78, 5) is 20.4. The van der Waals surface area contributed by atoms with Crippen LogP contribution < -0.4 is 15.3 Å². The molecular formula is C23H28N5O4P. The lowest BCUT2D eigenvalue weighted by atomic mass is 9.76. The summed E-state index contributed by atoms with van der Waals surface area (Å²) in [6.45, 7) is 8.32. The van der Waals surface area contributed by atoms with Crippen LogP contribution in [0.3, 0.4) is 0 Å². The number of hydrogen-bond acceptors (Lipinski definition) is 8. The lowest BCUT2D eigenvalue weighted by Crippen LogP contribution is -2.33.